The third-order valence-corrected chi connectivity index (χ3v) is 2.92. The predicted molar refractivity (Wildman–Crippen MR) is 68.0 cm³/mol. The van der Waals surface area contributed by atoms with E-state index in [-0.39, 0.29) is 23.9 Å². The lowest BCUT2D eigenvalue weighted by atomic mass is 9.94. The van der Waals surface area contributed by atoms with Gasteiger partial charge in [-0.25, -0.2) is 4.39 Å². The number of hydrogen-bond donors (Lipinski definition) is 1. The molecule has 20 heavy (non-hydrogen) atoms. The summed E-state index contributed by atoms with van der Waals surface area (Å²) >= 11 is 0. The molecule has 1 aromatic rings. The standard InChI is InChI=1S/C14H17F4NO/c1-8(2)19-7-11(9(3)20)10-4-5-12(13(15)6-10)14(16,17)18/h4-6,8,11,19H,7H2,1-3H3/t11-/m0/s1. The van der Waals surface area contributed by atoms with Crippen molar-refractivity contribution in [3.8, 4) is 0 Å². The second-order valence-corrected chi connectivity index (χ2v) is 4.96. The van der Waals surface area contributed by atoms with Crippen LogP contribution < -0.4 is 5.32 Å². The van der Waals surface area contributed by atoms with E-state index in [9.17, 15) is 22.4 Å². The number of rotatable bonds is 5. The molecule has 1 rings (SSSR count). The first-order chi connectivity index (χ1) is 9.12. The molecule has 0 aliphatic carbocycles. The second kappa shape index (κ2) is 6.35. The van der Waals surface area contributed by atoms with Gasteiger partial charge in [0.2, 0.25) is 0 Å². The van der Waals surface area contributed by atoms with Crippen molar-refractivity contribution in [2.75, 3.05) is 6.54 Å². The van der Waals surface area contributed by atoms with Gasteiger partial charge in [0.05, 0.1) is 11.5 Å². The number of carbonyl (C=O) groups excluding carboxylic acids is 1. The molecule has 0 spiro atoms. The summed E-state index contributed by atoms with van der Waals surface area (Å²) in [5, 5.41) is 3.02. The van der Waals surface area contributed by atoms with Gasteiger partial charge in [-0.3, -0.25) is 4.79 Å². The Hall–Kier alpha value is -1.43. The Morgan fingerprint density at radius 1 is 1.30 bits per heavy atom. The maximum absolute atomic E-state index is 13.5. The van der Waals surface area contributed by atoms with E-state index in [4.69, 9.17) is 0 Å². The zero-order valence-electron chi connectivity index (χ0n) is 11.5. The van der Waals surface area contributed by atoms with Gasteiger partial charge >= 0.3 is 6.18 Å². The van der Waals surface area contributed by atoms with Gasteiger partial charge in [0.1, 0.15) is 11.6 Å². The number of hydrogen-bond acceptors (Lipinski definition) is 2. The van der Waals surface area contributed by atoms with Crippen molar-refractivity contribution in [2.24, 2.45) is 0 Å². The maximum Gasteiger partial charge on any atom is 0.419 e. The maximum atomic E-state index is 13.5. The molecule has 2 nitrogen and oxygen atoms in total. The number of Topliss-reactive ketones (excluding diaryl/α,β-unsaturated/α-hetero) is 1. The van der Waals surface area contributed by atoms with Gasteiger partial charge in [-0.05, 0) is 24.6 Å². The number of nitrogens with one attached hydrogen (secondary N) is 1. The highest BCUT2D eigenvalue weighted by Gasteiger charge is 2.34. The molecule has 0 bridgehead atoms. The van der Waals surface area contributed by atoms with Crippen LogP contribution in [0.1, 0.15) is 37.8 Å². The van der Waals surface area contributed by atoms with Gasteiger partial charge in [-0.1, -0.05) is 19.9 Å². The molecule has 0 aromatic heterocycles. The second-order valence-electron chi connectivity index (χ2n) is 4.96. The third kappa shape index (κ3) is 4.30. The number of alkyl halides is 3. The molecule has 1 N–H and O–H groups in total. The summed E-state index contributed by atoms with van der Waals surface area (Å²) in [6.45, 7) is 5.36. The van der Waals surface area contributed by atoms with E-state index >= 15 is 0 Å². The molecule has 0 heterocycles. The van der Waals surface area contributed by atoms with Crippen molar-refractivity contribution in [3.63, 3.8) is 0 Å². The lowest BCUT2D eigenvalue weighted by Crippen LogP contribution is -2.30. The van der Waals surface area contributed by atoms with Crippen LogP contribution >= 0.6 is 0 Å². The van der Waals surface area contributed by atoms with E-state index in [1.54, 1.807) is 0 Å². The van der Waals surface area contributed by atoms with Crippen LogP contribution in [0.5, 0.6) is 0 Å². The van der Waals surface area contributed by atoms with Crippen LogP contribution in [0.15, 0.2) is 18.2 Å². The van der Waals surface area contributed by atoms with Gasteiger partial charge in [0.15, 0.2) is 0 Å². The van der Waals surface area contributed by atoms with Crippen LogP contribution in [0.2, 0.25) is 0 Å². The number of benzene rings is 1. The van der Waals surface area contributed by atoms with Gasteiger partial charge in [-0.2, -0.15) is 13.2 Å². The summed E-state index contributed by atoms with van der Waals surface area (Å²) in [6.07, 6.45) is -4.73. The van der Waals surface area contributed by atoms with Crippen LogP contribution in [0.25, 0.3) is 0 Å². The first kappa shape index (κ1) is 16.6. The molecule has 0 saturated carbocycles. The van der Waals surface area contributed by atoms with Crippen molar-refractivity contribution in [1.29, 1.82) is 0 Å². The van der Waals surface area contributed by atoms with Crippen molar-refractivity contribution in [1.82, 2.24) is 5.32 Å². The zero-order valence-corrected chi connectivity index (χ0v) is 11.5. The van der Waals surface area contributed by atoms with Crippen LogP contribution in [0.4, 0.5) is 17.6 Å². The van der Waals surface area contributed by atoms with E-state index < -0.39 is 23.5 Å². The zero-order chi connectivity index (χ0) is 15.5. The molecule has 0 aliphatic heterocycles. The molecule has 0 aliphatic rings. The summed E-state index contributed by atoms with van der Waals surface area (Å²) in [5.74, 6) is -2.24. The fourth-order valence-electron chi connectivity index (χ4n) is 1.83. The average molecular weight is 291 g/mol. The van der Waals surface area contributed by atoms with Gasteiger partial charge in [0.25, 0.3) is 0 Å². The van der Waals surface area contributed by atoms with E-state index in [2.05, 4.69) is 5.32 Å². The fourth-order valence-corrected chi connectivity index (χ4v) is 1.83. The highest BCUT2D eigenvalue weighted by Crippen LogP contribution is 2.32. The molecular formula is C14H17F4NO. The predicted octanol–water partition coefficient (Wildman–Crippen LogP) is 3.52. The fraction of sp³-hybridized carbons (Fsp3) is 0.500. The summed E-state index contributed by atoms with van der Waals surface area (Å²) in [5.41, 5.74) is -1.07. The molecular weight excluding hydrogens is 274 g/mol. The minimum atomic E-state index is -4.73. The minimum Gasteiger partial charge on any atom is -0.313 e. The first-order valence-corrected chi connectivity index (χ1v) is 6.23. The van der Waals surface area contributed by atoms with Crippen molar-refractivity contribution >= 4 is 5.78 Å². The smallest absolute Gasteiger partial charge is 0.313 e. The first-order valence-electron chi connectivity index (χ1n) is 6.23. The summed E-state index contributed by atoms with van der Waals surface area (Å²) in [7, 11) is 0. The summed E-state index contributed by atoms with van der Waals surface area (Å²) < 4.78 is 50.9. The number of halogens is 4. The van der Waals surface area contributed by atoms with E-state index in [0.717, 1.165) is 12.1 Å². The Morgan fingerprint density at radius 3 is 2.30 bits per heavy atom. The van der Waals surface area contributed by atoms with Gasteiger partial charge in [-0.15, -0.1) is 0 Å². The Morgan fingerprint density at radius 2 is 1.90 bits per heavy atom. The summed E-state index contributed by atoms with van der Waals surface area (Å²) in [4.78, 5) is 11.6. The van der Waals surface area contributed by atoms with Gasteiger partial charge in [0, 0.05) is 12.6 Å². The summed E-state index contributed by atoms with van der Waals surface area (Å²) in [6, 6.07) is 2.74. The van der Waals surface area contributed by atoms with Crippen LogP contribution in [0, 0.1) is 5.82 Å². The molecule has 0 amide bonds. The Bertz CT molecular complexity index is 483. The van der Waals surface area contributed by atoms with E-state index in [1.807, 2.05) is 13.8 Å². The highest BCUT2D eigenvalue weighted by atomic mass is 19.4. The lowest BCUT2D eigenvalue weighted by molar-refractivity contribution is -0.140. The molecule has 1 atom stereocenters. The average Bonchev–Trinajstić information content (AvgIpc) is 2.26. The van der Waals surface area contributed by atoms with Crippen molar-refractivity contribution in [3.05, 3.63) is 35.1 Å². The molecule has 0 unspecified atom stereocenters. The quantitative estimate of drug-likeness (QED) is 0.841. The number of ketones is 1. The lowest BCUT2D eigenvalue weighted by Gasteiger charge is -2.18. The Balaban J connectivity index is 3.04. The minimum absolute atomic E-state index is 0.121. The third-order valence-electron chi connectivity index (χ3n) is 2.92. The Kier molecular flexibility index (Phi) is 5.28. The van der Waals surface area contributed by atoms with Gasteiger partial charge < -0.3 is 5.32 Å². The molecule has 0 radical (unpaired) electrons. The van der Waals surface area contributed by atoms with Crippen LogP contribution in [-0.2, 0) is 11.0 Å². The van der Waals surface area contributed by atoms with Crippen molar-refractivity contribution in [2.45, 2.75) is 38.9 Å². The molecule has 0 saturated heterocycles. The monoisotopic (exact) mass is 291 g/mol. The molecule has 112 valence electrons. The van der Waals surface area contributed by atoms with Crippen LogP contribution in [-0.4, -0.2) is 18.4 Å². The molecule has 6 heteroatoms. The van der Waals surface area contributed by atoms with E-state index in [0.29, 0.717) is 6.07 Å². The van der Waals surface area contributed by atoms with Crippen molar-refractivity contribution < 1.29 is 22.4 Å². The molecule has 0 fully saturated rings. The largest absolute Gasteiger partial charge is 0.419 e. The topological polar surface area (TPSA) is 29.1 Å². The number of carbonyl (C=O) groups is 1. The Labute approximate surface area is 115 Å². The molecule has 1 aromatic carbocycles. The van der Waals surface area contributed by atoms with Crippen LogP contribution in [0.3, 0.4) is 0 Å². The normalized spacial score (nSPS) is 13.6. The SMILES string of the molecule is CC(=O)[C@H](CNC(C)C)c1ccc(C(F)(F)F)c(F)c1. The van der Waals surface area contributed by atoms with E-state index in [1.165, 1.54) is 6.92 Å². The highest BCUT2D eigenvalue weighted by molar-refractivity contribution is 5.83.